The third-order valence-corrected chi connectivity index (χ3v) is 3.97. The van der Waals surface area contributed by atoms with Gasteiger partial charge in [0.2, 0.25) is 0 Å². The van der Waals surface area contributed by atoms with Gasteiger partial charge in [-0.1, -0.05) is 31.2 Å². The average Bonchev–Trinajstić information content (AvgIpc) is 2.89. The molecule has 2 N–H and O–H groups in total. The van der Waals surface area contributed by atoms with Crippen LogP contribution in [-0.4, -0.2) is 27.1 Å². The Morgan fingerprint density at radius 1 is 1.41 bits per heavy atom. The van der Waals surface area contributed by atoms with Gasteiger partial charge in [0.15, 0.2) is 0 Å². The maximum Gasteiger partial charge on any atom is 0.132 e. The van der Waals surface area contributed by atoms with Gasteiger partial charge in [0, 0.05) is 30.7 Å². The standard InChI is InChI=1S/C12H22N4S/c1-9(2)7-16(10-5-3-4-6-10)8-11-12(13)17-15-14-11/h9-10H,3-8,13H2,1-2H3. The molecule has 1 fully saturated rings. The predicted molar refractivity (Wildman–Crippen MR) is 71.8 cm³/mol. The Hall–Kier alpha value is -0.680. The van der Waals surface area contributed by atoms with E-state index in [0.29, 0.717) is 5.92 Å². The highest BCUT2D eigenvalue weighted by molar-refractivity contribution is 7.09. The smallest absolute Gasteiger partial charge is 0.132 e. The van der Waals surface area contributed by atoms with E-state index in [1.807, 2.05) is 0 Å². The number of hydrogen-bond acceptors (Lipinski definition) is 5. The number of anilines is 1. The fourth-order valence-corrected chi connectivity index (χ4v) is 3.04. The van der Waals surface area contributed by atoms with Crippen molar-refractivity contribution >= 4 is 16.5 Å². The molecule has 17 heavy (non-hydrogen) atoms. The molecule has 0 aromatic carbocycles. The van der Waals surface area contributed by atoms with Crippen molar-refractivity contribution in [1.29, 1.82) is 0 Å². The zero-order valence-corrected chi connectivity index (χ0v) is 11.5. The zero-order valence-electron chi connectivity index (χ0n) is 10.7. The third kappa shape index (κ3) is 3.39. The summed E-state index contributed by atoms with van der Waals surface area (Å²) >= 11 is 1.30. The molecule has 1 aromatic heterocycles. The minimum absolute atomic E-state index is 0.684. The molecule has 0 amide bonds. The molecule has 1 saturated carbocycles. The normalized spacial score (nSPS) is 17.4. The van der Waals surface area contributed by atoms with E-state index in [1.165, 1.54) is 37.2 Å². The Morgan fingerprint density at radius 2 is 2.12 bits per heavy atom. The second-order valence-electron chi connectivity index (χ2n) is 5.35. The second-order valence-corrected chi connectivity index (χ2v) is 6.13. The maximum absolute atomic E-state index is 5.89. The van der Waals surface area contributed by atoms with E-state index in [0.717, 1.165) is 29.8 Å². The molecule has 2 rings (SSSR count). The van der Waals surface area contributed by atoms with Gasteiger partial charge in [0.25, 0.3) is 0 Å². The number of nitrogen functional groups attached to an aromatic ring is 1. The largest absolute Gasteiger partial charge is 0.388 e. The SMILES string of the molecule is CC(C)CN(Cc1nnsc1N)C1CCCC1. The quantitative estimate of drug-likeness (QED) is 0.877. The van der Waals surface area contributed by atoms with Gasteiger partial charge in [-0.3, -0.25) is 4.90 Å². The average molecular weight is 254 g/mol. The molecule has 0 bridgehead atoms. The highest BCUT2D eigenvalue weighted by atomic mass is 32.1. The molecular formula is C12H22N4S. The van der Waals surface area contributed by atoms with Crippen LogP contribution in [0.15, 0.2) is 0 Å². The summed E-state index contributed by atoms with van der Waals surface area (Å²) in [5.74, 6) is 0.684. The Labute approximate surface area is 107 Å². The zero-order chi connectivity index (χ0) is 12.3. The number of rotatable bonds is 5. The number of nitrogens with zero attached hydrogens (tertiary/aromatic N) is 3. The minimum atomic E-state index is 0.684. The molecule has 1 aromatic rings. The first kappa shape index (κ1) is 12.8. The van der Waals surface area contributed by atoms with E-state index in [-0.39, 0.29) is 0 Å². The topological polar surface area (TPSA) is 55.0 Å². The fraction of sp³-hybridized carbons (Fsp3) is 0.833. The van der Waals surface area contributed by atoms with Gasteiger partial charge in [-0.2, -0.15) is 0 Å². The van der Waals surface area contributed by atoms with Crippen molar-refractivity contribution < 1.29 is 0 Å². The Balaban J connectivity index is 2.02. The van der Waals surface area contributed by atoms with E-state index in [4.69, 9.17) is 5.73 Å². The predicted octanol–water partition coefficient (Wildman–Crippen LogP) is 2.52. The first-order valence-electron chi connectivity index (χ1n) is 6.47. The molecule has 0 radical (unpaired) electrons. The Morgan fingerprint density at radius 3 is 2.65 bits per heavy atom. The summed E-state index contributed by atoms with van der Waals surface area (Å²) in [6, 6.07) is 0.721. The third-order valence-electron chi connectivity index (χ3n) is 3.38. The Kier molecular flexibility index (Phi) is 4.34. The van der Waals surface area contributed by atoms with Gasteiger partial charge in [0.1, 0.15) is 10.7 Å². The highest BCUT2D eigenvalue weighted by Gasteiger charge is 2.24. The van der Waals surface area contributed by atoms with Crippen molar-refractivity contribution in [1.82, 2.24) is 14.5 Å². The van der Waals surface area contributed by atoms with Gasteiger partial charge >= 0.3 is 0 Å². The van der Waals surface area contributed by atoms with Gasteiger partial charge in [0.05, 0.1) is 0 Å². The van der Waals surface area contributed by atoms with Gasteiger partial charge in [-0.15, -0.1) is 5.10 Å². The number of aromatic nitrogens is 2. The summed E-state index contributed by atoms with van der Waals surface area (Å²) in [7, 11) is 0. The first-order chi connectivity index (χ1) is 8.16. The number of nitrogens with two attached hydrogens (primary N) is 1. The van der Waals surface area contributed by atoms with E-state index in [1.54, 1.807) is 0 Å². The van der Waals surface area contributed by atoms with E-state index < -0.39 is 0 Å². The highest BCUT2D eigenvalue weighted by Crippen LogP contribution is 2.26. The second kappa shape index (κ2) is 5.78. The van der Waals surface area contributed by atoms with Crippen LogP contribution in [0.25, 0.3) is 0 Å². The van der Waals surface area contributed by atoms with Crippen LogP contribution in [0.3, 0.4) is 0 Å². The van der Waals surface area contributed by atoms with Gasteiger partial charge in [-0.25, -0.2) is 0 Å². The molecule has 1 aliphatic rings. The summed E-state index contributed by atoms with van der Waals surface area (Å²) in [5, 5.41) is 4.91. The van der Waals surface area contributed by atoms with Crippen LogP contribution in [0.5, 0.6) is 0 Å². The van der Waals surface area contributed by atoms with Crippen LogP contribution in [0.4, 0.5) is 5.00 Å². The fourth-order valence-electron chi connectivity index (χ4n) is 2.60. The monoisotopic (exact) mass is 254 g/mol. The lowest BCUT2D eigenvalue weighted by Gasteiger charge is -2.29. The molecule has 1 heterocycles. The molecule has 0 saturated heterocycles. The van der Waals surface area contributed by atoms with Crippen LogP contribution in [0.1, 0.15) is 45.2 Å². The van der Waals surface area contributed by atoms with E-state index in [9.17, 15) is 0 Å². The minimum Gasteiger partial charge on any atom is -0.388 e. The summed E-state index contributed by atoms with van der Waals surface area (Å²) in [6.07, 6.45) is 5.38. The molecule has 5 heteroatoms. The van der Waals surface area contributed by atoms with Crippen LogP contribution in [0.2, 0.25) is 0 Å². The van der Waals surface area contributed by atoms with E-state index >= 15 is 0 Å². The van der Waals surface area contributed by atoms with Gasteiger partial charge in [-0.05, 0) is 18.8 Å². The molecule has 1 aliphatic carbocycles. The van der Waals surface area contributed by atoms with Crippen molar-refractivity contribution in [3.05, 3.63) is 5.69 Å². The summed E-state index contributed by atoms with van der Waals surface area (Å²) in [4.78, 5) is 2.55. The van der Waals surface area contributed by atoms with Crippen LogP contribution in [0, 0.1) is 5.92 Å². The molecule has 0 aliphatic heterocycles. The van der Waals surface area contributed by atoms with Crippen LogP contribution < -0.4 is 5.73 Å². The van der Waals surface area contributed by atoms with Crippen molar-refractivity contribution in [2.45, 2.75) is 52.1 Å². The molecular weight excluding hydrogens is 232 g/mol. The van der Waals surface area contributed by atoms with Crippen molar-refractivity contribution in [2.24, 2.45) is 5.92 Å². The van der Waals surface area contributed by atoms with Crippen molar-refractivity contribution in [2.75, 3.05) is 12.3 Å². The van der Waals surface area contributed by atoms with Crippen LogP contribution in [-0.2, 0) is 6.54 Å². The lowest BCUT2D eigenvalue weighted by molar-refractivity contribution is 0.167. The van der Waals surface area contributed by atoms with Crippen molar-refractivity contribution in [3.63, 3.8) is 0 Å². The molecule has 4 nitrogen and oxygen atoms in total. The number of hydrogen-bond donors (Lipinski definition) is 1. The molecule has 0 spiro atoms. The molecule has 96 valence electrons. The Bertz CT molecular complexity index is 344. The lowest BCUT2D eigenvalue weighted by atomic mass is 10.1. The summed E-state index contributed by atoms with van der Waals surface area (Å²) in [6.45, 7) is 6.53. The first-order valence-corrected chi connectivity index (χ1v) is 7.25. The lowest BCUT2D eigenvalue weighted by Crippen LogP contribution is -2.36. The summed E-state index contributed by atoms with van der Waals surface area (Å²) in [5.41, 5.74) is 6.85. The maximum atomic E-state index is 5.89. The summed E-state index contributed by atoms with van der Waals surface area (Å²) < 4.78 is 3.92. The molecule has 0 atom stereocenters. The van der Waals surface area contributed by atoms with Crippen molar-refractivity contribution in [3.8, 4) is 0 Å². The van der Waals surface area contributed by atoms with Crippen LogP contribution >= 0.6 is 11.5 Å². The molecule has 0 unspecified atom stereocenters. The van der Waals surface area contributed by atoms with Gasteiger partial charge < -0.3 is 5.73 Å². The van der Waals surface area contributed by atoms with E-state index in [2.05, 4.69) is 28.3 Å².